The van der Waals surface area contributed by atoms with E-state index >= 15 is 0 Å². The number of hydrogen-bond acceptors (Lipinski definition) is 3. The lowest BCUT2D eigenvalue weighted by Gasteiger charge is -2.32. The smallest absolute Gasteiger partial charge is 0.352 e. The maximum absolute atomic E-state index is 13.2. The second-order valence-corrected chi connectivity index (χ2v) is 8.97. The second-order valence-electron chi connectivity index (χ2n) is 8.97. The molecule has 2 saturated carbocycles. The molecule has 172 valence electrons. The summed E-state index contributed by atoms with van der Waals surface area (Å²) in [5.41, 5.74) is -1.17. The maximum Gasteiger partial charge on any atom is 0.418 e. The molecule has 1 aromatic rings. The minimum Gasteiger partial charge on any atom is -0.352 e. The van der Waals surface area contributed by atoms with Crippen LogP contribution in [0.2, 0.25) is 0 Å². The fraction of sp³-hybridized carbons (Fsp3) is 0.652. The van der Waals surface area contributed by atoms with Gasteiger partial charge in [0.05, 0.1) is 23.8 Å². The summed E-state index contributed by atoms with van der Waals surface area (Å²) in [6.07, 6.45) is 0.414. The molecule has 0 aromatic heterocycles. The molecule has 2 bridgehead atoms. The van der Waals surface area contributed by atoms with Crippen molar-refractivity contribution >= 4 is 17.5 Å². The fourth-order valence-electron chi connectivity index (χ4n) is 5.26. The molecule has 0 radical (unpaired) electrons. The average Bonchev–Trinajstić information content (AvgIpc) is 3.34. The highest BCUT2D eigenvalue weighted by Crippen LogP contribution is 2.49. The van der Waals surface area contributed by atoms with Gasteiger partial charge in [-0.3, -0.25) is 14.5 Å². The van der Waals surface area contributed by atoms with Crippen molar-refractivity contribution in [2.75, 3.05) is 18.4 Å². The van der Waals surface area contributed by atoms with Crippen LogP contribution in [0.1, 0.15) is 52.0 Å². The molecule has 2 N–H and O–H groups in total. The second kappa shape index (κ2) is 9.59. The van der Waals surface area contributed by atoms with Crippen LogP contribution in [0, 0.1) is 17.8 Å². The van der Waals surface area contributed by atoms with Gasteiger partial charge in [-0.2, -0.15) is 13.2 Å². The summed E-state index contributed by atoms with van der Waals surface area (Å²) in [4.78, 5) is 26.9. The van der Waals surface area contributed by atoms with Gasteiger partial charge in [0.15, 0.2) is 0 Å². The van der Waals surface area contributed by atoms with Gasteiger partial charge < -0.3 is 10.6 Å². The summed E-state index contributed by atoms with van der Waals surface area (Å²) in [6.45, 7) is 5.85. The number of anilines is 1. The molecule has 31 heavy (non-hydrogen) atoms. The Morgan fingerprint density at radius 1 is 1.16 bits per heavy atom. The van der Waals surface area contributed by atoms with Crippen LogP contribution in [0.15, 0.2) is 24.3 Å². The van der Waals surface area contributed by atoms with E-state index < -0.39 is 23.7 Å². The molecule has 1 aromatic carbocycles. The largest absolute Gasteiger partial charge is 0.418 e. The number of nitrogens with zero attached hydrogens (tertiary/aromatic N) is 1. The molecule has 3 rings (SSSR count). The normalized spacial score (nSPS) is 24.8. The minimum atomic E-state index is -4.56. The van der Waals surface area contributed by atoms with E-state index in [1.807, 2.05) is 13.8 Å². The molecule has 8 heteroatoms. The predicted octanol–water partition coefficient (Wildman–Crippen LogP) is 4.30. The number of amides is 2. The van der Waals surface area contributed by atoms with Crippen molar-refractivity contribution in [2.24, 2.45) is 17.8 Å². The first-order valence-corrected chi connectivity index (χ1v) is 11.1. The van der Waals surface area contributed by atoms with E-state index in [1.165, 1.54) is 43.9 Å². The number of benzene rings is 1. The third-order valence-corrected chi connectivity index (χ3v) is 6.99. The van der Waals surface area contributed by atoms with Crippen LogP contribution in [0.5, 0.6) is 0 Å². The van der Waals surface area contributed by atoms with E-state index in [1.54, 1.807) is 11.8 Å². The number of hydrogen-bond donors (Lipinski definition) is 2. The van der Waals surface area contributed by atoms with E-state index in [9.17, 15) is 22.8 Å². The molecule has 5 nitrogen and oxygen atoms in total. The Kier molecular flexibility index (Phi) is 7.29. The number of fused-ring (bicyclic) bond motifs is 2. The Morgan fingerprint density at radius 2 is 1.87 bits per heavy atom. The quantitative estimate of drug-likeness (QED) is 0.635. The van der Waals surface area contributed by atoms with E-state index in [0.717, 1.165) is 12.0 Å². The van der Waals surface area contributed by atoms with Crippen molar-refractivity contribution < 1.29 is 22.8 Å². The first-order valence-electron chi connectivity index (χ1n) is 11.1. The van der Waals surface area contributed by atoms with Gasteiger partial charge in [0.2, 0.25) is 11.8 Å². The number of carbonyl (C=O) groups excluding carboxylic acids is 2. The third kappa shape index (κ3) is 5.59. The Labute approximate surface area is 181 Å². The first-order chi connectivity index (χ1) is 14.6. The van der Waals surface area contributed by atoms with E-state index in [0.29, 0.717) is 18.4 Å². The lowest BCUT2D eigenvalue weighted by atomic mass is 9.84. The molecule has 5 atom stereocenters. The topological polar surface area (TPSA) is 61.4 Å². The Balaban J connectivity index is 1.56. The van der Waals surface area contributed by atoms with Gasteiger partial charge in [-0.1, -0.05) is 25.5 Å². The number of halogens is 3. The highest BCUT2D eigenvalue weighted by atomic mass is 19.4. The average molecular weight is 440 g/mol. The Bertz CT molecular complexity index is 799. The van der Waals surface area contributed by atoms with Crippen molar-refractivity contribution in [3.8, 4) is 0 Å². The van der Waals surface area contributed by atoms with E-state index in [4.69, 9.17) is 0 Å². The van der Waals surface area contributed by atoms with E-state index in [2.05, 4.69) is 10.6 Å². The lowest BCUT2D eigenvalue weighted by Crippen LogP contribution is -2.51. The van der Waals surface area contributed by atoms with Crippen LogP contribution in [0.3, 0.4) is 0 Å². The molecular formula is C23H32F3N3O2. The van der Waals surface area contributed by atoms with Crippen molar-refractivity contribution in [2.45, 2.75) is 64.7 Å². The zero-order chi connectivity index (χ0) is 22.8. The SMILES string of the molecule is CCN(CC(=O)Nc1ccccc1C(F)(F)F)C(C)C(=O)NC(C)C1CC2CCC1C2. The van der Waals surface area contributed by atoms with Crippen molar-refractivity contribution in [3.05, 3.63) is 29.8 Å². The highest BCUT2D eigenvalue weighted by Gasteiger charge is 2.42. The van der Waals surface area contributed by atoms with Crippen LogP contribution in [0.25, 0.3) is 0 Å². The summed E-state index contributed by atoms with van der Waals surface area (Å²) < 4.78 is 39.5. The van der Waals surface area contributed by atoms with Gasteiger partial charge in [-0.15, -0.1) is 0 Å². The van der Waals surface area contributed by atoms with Crippen LogP contribution in [-0.4, -0.2) is 41.9 Å². The highest BCUT2D eigenvalue weighted by molar-refractivity contribution is 5.93. The van der Waals surface area contributed by atoms with Gasteiger partial charge in [0, 0.05) is 6.04 Å². The van der Waals surface area contributed by atoms with Gasteiger partial charge in [-0.05, 0) is 69.5 Å². The predicted molar refractivity (Wildman–Crippen MR) is 113 cm³/mol. The minimum absolute atomic E-state index is 0.0800. The number of likely N-dealkylation sites (N-methyl/N-ethyl adjacent to an activating group) is 1. The molecule has 0 heterocycles. The zero-order valence-corrected chi connectivity index (χ0v) is 18.3. The van der Waals surface area contributed by atoms with Gasteiger partial charge in [0.1, 0.15) is 0 Å². The Hall–Kier alpha value is -2.09. The maximum atomic E-state index is 13.2. The number of carbonyl (C=O) groups is 2. The first kappa shape index (κ1) is 23.6. The molecule has 0 spiro atoms. The van der Waals surface area contributed by atoms with Gasteiger partial charge >= 0.3 is 6.18 Å². The van der Waals surface area contributed by atoms with Gasteiger partial charge in [0.25, 0.3) is 0 Å². The number of rotatable bonds is 8. The molecule has 2 aliphatic rings. The fourth-order valence-corrected chi connectivity index (χ4v) is 5.26. The zero-order valence-electron chi connectivity index (χ0n) is 18.3. The lowest BCUT2D eigenvalue weighted by molar-refractivity contribution is -0.137. The van der Waals surface area contributed by atoms with Crippen LogP contribution in [-0.2, 0) is 15.8 Å². The van der Waals surface area contributed by atoms with Crippen molar-refractivity contribution in [3.63, 3.8) is 0 Å². The number of para-hydroxylation sites is 1. The summed E-state index contributed by atoms with van der Waals surface area (Å²) in [5.74, 6) is 1.26. The monoisotopic (exact) mass is 439 g/mol. The standard InChI is InChI=1S/C23H32F3N3O2/c1-4-29(13-21(30)28-20-8-6-5-7-19(20)23(24,25)26)15(3)22(31)27-14(2)18-12-16-9-10-17(18)11-16/h5-8,14-18H,4,9-13H2,1-3H3,(H,27,31)(H,28,30). The summed E-state index contributed by atoms with van der Waals surface area (Å²) in [6, 6.07) is 4.40. The molecule has 0 aliphatic heterocycles. The van der Waals surface area contributed by atoms with Crippen molar-refractivity contribution in [1.82, 2.24) is 10.2 Å². The molecule has 2 fully saturated rings. The van der Waals surface area contributed by atoms with Gasteiger partial charge in [-0.25, -0.2) is 0 Å². The summed E-state index contributed by atoms with van der Waals surface area (Å²) >= 11 is 0. The number of alkyl halides is 3. The van der Waals surface area contributed by atoms with Crippen LogP contribution >= 0.6 is 0 Å². The number of nitrogens with one attached hydrogen (secondary N) is 2. The van der Waals surface area contributed by atoms with Crippen molar-refractivity contribution in [1.29, 1.82) is 0 Å². The Morgan fingerprint density at radius 3 is 2.45 bits per heavy atom. The molecule has 5 unspecified atom stereocenters. The molecule has 2 amide bonds. The third-order valence-electron chi connectivity index (χ3n) is 6.99. The molecule has 0 saturated heterocycles. The van der Waals surface area contributed by atoms with E-state index in [-0.39, 0.29) is 24.2 Å². The molecule has 2 aliphatic carbocycles. The van der Waals surface area contributed by atoms with Crippen LogP contribution < -0.4 is 10.6 Å². The summed E-state index contributed by atoms with van der Waals surface area (Å²) in [5, 5.41) is 5.46. The molecular weight excluding hydrogens is 407 g/mol. The van der Waals surface area contributed by atoms with Crippen LogP contribution in [0.4, 0.5) is 18.9 Å². The summed E-state index contributed by atoms with van der Waals surface area (Å²) in [7, 11) is 0.